The molecule has 0 fully saturated rings. The van der Waals surface area contributed by atoms with Crippen LogP contribution >= 0.6 is 0 Å². The van der Waals surface area contributed by atoms with E-state index >= 15 is 0 Å². The predicted molar refractivity (Wildman–Crippen MR) is 103 cm³/mol. The van der Waals surface area contributed by atoms with Crippen LogP contribution in [0.15, 0.2) is 36.4 Å². The maximum Gasteiger partial charge on any atom is 0.0219 e. The van der Waals surface area contributed by atoms with Crippen molar-refractivity contribution in [3.8, 4) is 0 Å². The van der Waals surface area contributed by atoms with E-state index in [9.17, 15) is 0 Å². The first kappa shape index (κ1) is 23.2. The van der Waals surface area contributed by atoms with Gasteiger partial charge in [-0.25, -0.2) is 0 Å². The number of hydrogen-bond donors (Lipinski definition) is 1. The summed E-state index contributed by atoms with van der Waals surface area (Å²) in [6.45, 7) is 18.5. The number of rotatable bonds is 5. The largest absolute Gasteiger partial charge is 0.324 e. The Bertz CT molecular complexity index is 356. The van der Waals surface area contributed by atoms with E-state index in [0.717, 1.165) is 11.5 Å². The zero-order chi connectivity index (χ0) is 17.5. The quantitative estimate of drug-likeness (QED) is 0.623. The van der Waals surface area contributed by atoms with Crippen LogP contribution in [0.4, 0.5) is 0 Å². The Hall–Kier alpha value is -1.08. The summed E-state index contributed by atoms with van der Waals surface area (Å²) >= 11 is 0. The smallest absolute Gasteiger partial charge is 0.0219 e. The molecule has 0 heterocycles. The number of nitrogens with two attached hydrogens (primary N) is 1. The van der Waals surface area contributed by atoms with Crippen molar-refractivity contribution in [1.29, 1.82) is 0 Å². The summed E-state index contributed by atoms with van der Waals surface area (Å²) in [5.41, 5.74) is 9.05. The highest BCUT2D eigenvalue weighted by Gasteiger charge is 1.95. The monoisotopic (exact) mass is 305 g/mol. The summed E-state index contributed by atoms with van der Waals surface area (Å²) in [4.78, 5) is 0. The maximum absolute atomic E-state index is 5.34. The lowest BCUT2D eigenvalue weighted by Gasteiger charge is -2.05. The highest BCUT2D eigenvalue weighted by molar-refractivity contribution is 5.20. The molecule has 0 spiro atoms. The van der Waals surface area contributed by atoms with Crippen LogP contribution in [0.3, 0.4) is 0 Å². The van der Waals surface area contributed by atoms with E-state index in [1.165, 1.54) is 36.8 Å². The van der Waals surface area contributed by atoms with Gasteiger partial charge in [0.1, 0.15) is 0 Å². The molecule has 1 aromatic rings. The van der Waals surface area contributed by atoms with Gasteiger partial charge in [0.15, 0.2) is 0 Å². The molecule has 0 aliphatic heterocycles. The Kier molecular flexibility index (Phi) is 15.6. The maximum atomic E-state index is 5.34. The third-order valence-electron chi connectivity index (χ3n) is 3.51. The molecule has 22 heavy (non-hydrogen) atoms. The Labute approximate surface area is 140 Å². The summed E-state index contributed by atoms with van der Waals surface area (Å²) in [7, 11) is 0. The van der Waals surface area contributed by atoms with Crippen LogP contribution in [0, 0.1) is 19.8 Å². The lowest BCUT2D eigenvalue weighted by Crippen LogP contribution is -2.14. The Morgan fingerprint density at radius 3 is 1.59 bits per heavy atom. The molecule has 0 radical (unpaired) electrons. The normalized spacial score (nSPS) is 11.0. The van der Waals surface area contributed by atoms with E-state index in [0.29, 0.717) is 0 Å². The Morgan fingerprint density at radius 1 is 1.05 bits per heavy atom. The van der Waals surface area contributed by atoms with Gasteiger partial charge >= 0.3 is 0 Å². The van der Waals surface area contributed by atoms with Crippen LogP contribution in [0.5, 0.6) is 0 Å². The summed E-state index contributed by atoms with van der Waals surface area (Å²) < 4.78 is 0. The fourth-order valence-corrected chi connectivity index (χ4v) is 1.94. The van der Waals surface area contributed by atoms with E-state index in [-0.39, 0.29) is 6.04 Å². The van der Waals surface area contributed by atoms with Crippen LogP contribution in [0.1, 0.15) is 71.4 Å². The molecule has 128 valence electrons. The predicted octanol–water partition coefficient (Wildman–Crippen LogP) is 6.44. The minimum atomic E-state index is 0.157. The van der Waals surface area contributed by atoms with Gasteiger partial charge in [-0.05, 0) is 33.6 Å². The molecule has 0 bridgehead atoms. The van der Waals surface area contributed by atoms with Crippen LogP contribution in [-0.2, 0) is 0 Å². The van der Waals surface area contributed by atoms with Gasteiger partial charge in [0, 0.05) is 6.04 Å². The molecule has 0 aliphatic rings. The average Bonchev–Trinajstić information content (AvgIpc) is 2.40. The summed E-state index contributed by atoms with van der Waals surface area (Å²) in [5, 5.41) is 0. The summed E-state index contributed by atoms with van der Waals surface area (Å²) in [6.07, 6.45) is 5.52. The molecule has 1 rings (SSSR count). The first-order valence-corrected chi connectivity index (χ1v) is 8.68. The molecule has 1 unspecified atom stereocenters. The van der Waals surface area contributed by atoms with Gasteiger partial charge in [-0.2, -0.15) is 0 Å². The second kappa shape index (κ2) is 14.8. The number of hydrogen-bond acceptors (Lipinski definition) is 1. The second-order valence-electron chi connectivity index (χ2n) is 6.48. The van der Waals surface area contributed by atoms with Crippen LogP contribution in [0.25, 0.3) is 0 Å². The van der Waals surface area contributed by atoms with Crippen LogP contribution in [-0.4, -0.2) is 6.04 Å². The molecule has 0 saturated carbocycles. The molecule has 1 aromatic carbocycles. The van der Waals surface area contributed by atoms with E-state index in [2.05, 4.69) is 65.5 Å². The van der Waals surface area contributed by atoms with Crippen molar-refractivity contribution in [2.45, 2.75) is 80.2 Å². The van der Waals surface area contributed by atoms with Gasteiger partial charge in [0.2, 0.25) is 0 Å². The third-order valence-corrected chi connectivity index (χ3v) is 3.51. The van der Waals surface area contributed by atoms with Gasteiger partial charge in [0.05, 0.1) is 0 Å². The topological polar surface area (TPSA) is 26.0 Å². The van der Waals surface area contributed by atoms with Gasteiger partial charge in [-0.15, -0.1) is 0 Å². The first-order valence-electron chi connectivity index (χ1n) is 8.68. The van der Waals surface area contributed by atoms with Gasteiger partial charge in [0.25, 0.3) is 0 Å². The average molecular weight is 306 g/mol. The second-order valence-corrected chi connectivity index (χ2v) is 6.48. The minimum absolute atomic E-state index is 0.157. The SMILES string of the molecule is C=C(C)C(C)N.CCCC(C)CCC.Cc1cccc(C)c1. The molecular formula is C21H39N. The minimum Gasteiger partial charge on any atom is -0.324 e. The van der Waals surface area contributed by atoms with E-state index in [1.54, 1.807) is 0 Å². The van der Waals surface area contributed by atoms with Gasteiger partial charge < -0.3 is 5.73 Å². The molecule has 1 nitrogen and oxygen atoms in total. The van der Waals surface area contributed by atoms with E-state index in [4.69, 9.17) is 5.73 Å². The van der Waals surface area contributed by atoms with E-state index < -0.39 is 0 Å². The molecule has 1 heteroatoms. The summed E-state index contributed by atoms with van der Waals surface area (Å²) in [6, 6.07) is 8.61. The zero-order valence-corrected chi connectivity index (χ0v) is 16.1. The molecule has 1 atom stereocenters. The summed E-state index contributed by atoms with van der Waals surface area (Å²) in [5.74, 6) is 0.963. The van der Waals surface area contributed by atoms with Crippen molar-refractivity contribution >= 4 is 0 Å². The lowest BCUT2D eigenvalue weighted by molar-refractivity contribution is 0.480. The molecule has 0 aliphatic carbocycles. The number of aryl methyl sites for hydroxylation is 2. The van der Waals surface area contributed by atoms with Crippen molar-refractivity contribution in [2.75, 3.05) is 0 Å². The highest BCUT2D eigenvalue weighted by Crippen LogP contribution is 2.10. The Balaban J connectivity index is 0. The zero-order valence-electron chi connectivity index (χ0n) is 16.1. The van der Waals surface area contributed by atoms with Crippen molar-refractivity contribution < 1.29 is 0 Å². The standard InChI is InChI=1S/C8H10.C8H18.C5H11N/c1-7-4-3-5-8(2)6-7;1-4-6-8(3)7-5-2;1-4(2)5(3)6/h3-6H,1-2H3;8H,4-7H2,1-3H3;5H,1,6H2,2-3H3. The molecule has 0 aromatic heterocycles. The first-order chi connectivity index (χ1) is 10.2. The third kappa shape index (κ3) is 17.0. The van der Waals surface area contributed by atoms with E-state index in [1.807, 2.05) is 13.8 Å². The van der Waals surface area contributed by atoms with Crippen molar-refractivity contribution in [3.63, 3.8) is 0 Å². The number of benzene rings is 1. The fourth-order valence-electron chi connectivity index (χ4n) is 1.94. The van der Waals surface area contributed by atoms with Gasteiger partial charge in [-0.3, -0.25) is 0 Å². The molecule has 0 saturated heterocycles. The van der Waals surface area contributed by atoms with Crippen LogP contribution in [0.2, 0.25) is 0 Å². The molecular weight excluding hydrogens is 266 g/mol. The van der Waals surface area contributed by atoms with Crippen molar-refractivity contribution in [1.82, 2.24) is 0 Å². The lowest BCUT2D eigenvalue weighted by atomic mass is 10.0. The highest BCUT2D eigenvalue weighted by atomic mass is 14.6. The van der Waals surface area contributed by atoms with Crippen LogP contribution < -0.4 is 5.73 Å². The van der Waals surface area contributed by atoms with Crippen molar-refractivity contribution in [3.05, 3.63) is 47.5 Å². The Morgan fingerprint density at radius 2 is 1.41 bits per heavy atom. The molecule has 0 amide bonds. The molecule has 2 N–H and O–H groups in total. The van der Waals surface area contributed by atoms with Gasteiger partial charge in [-0.1, -0.05) is 94.0 Å². The van der Waals surface area contributed by atoms with Crippen molar-refractivity contribution in [2.24, 2.45) is 11.7 Å². The fraction of sp³-hybridized carbons (Fsp3) is 0.619.